The van der Waals surface area contributed by atoms with Gasteiger partial charge in [-0.3, -0.25) is 9.59 Å². The quantitative estimate of drug-likeness (QED) is 0.201. The highest BCUT2D eigenvalue weighted by molar-refractivity contribution is 6.48. The summed E-state index contributed by atoms with van der Waals surface area (Å²) in [6, 6.07) is 14.4. The monoisotopic (exact) mass is 453 g/mol. The van der Waals surface area contributed by atoms with E-state index in [2.05, 4.69) is 81.9 Å². The van der Waals surface area contributed by atoms with Gasteiger partial charge in [-0.15, -0.1) is 0 Å². The molecule has 1 aliphatic carbocycles. The summed E-state index contributed by atoms with van der Waals surface area (Å²) in [6.45, 7) is 15.0. The van der Waals surface area contributed by atoms with Crippen LogP contribution in [0.3, 0.4) is 0 Å². The Hall–Kier alpha value is -3.27. The lowest BCUT2D eigenvalue weighted by molar-refractivity contribution is -0.512. The van der Waals surface area contributed by atoms with E-state index in [9.17, 15) is 9.59 Å². The third-order valence-corrected chi connectivity index (χ3v) is 7.06. The first-order valence-corrected chi connectivity index (χ1v) is 12.1. The number of Topliss-reactive ketones (excluding diaryl/α,β-unsaturated/α-hetero) is 2. The first kappa shape index (κ1) is 22.5. The molecule has 1 aromatic heterocycles. The standard InChI is InChI=1S/C30H33N2O2/c1-8-18-13-14-24-20(15-18)22(17-32(24)30(5,6)7)26-27(33)25(28(26)34)21-16-31(29(2,3)4)23-12-10-9-11-19(21)23/h9-17,25H,8H2,1-7H3/q+1. The predicted molar refractivity (Wildman–Crippen MR) is 138 cm³/mol. The molecule has 34 heavy (non-hydrogen) atoms. The number of fused-ring (bicyclic) bond motifs is 2. The van der Waals surface area contributed by atoms with E-state index in [0.29, 0.717) is 5.57 Å². The Labute approximate surface area is 201 Å². The lowest BCUT2D eigenvalue weighted by atomic mass is 9.70. The van der Waals surface area contributed by atoms with Crippen molar-refractivity contribution < 1.29 is 14.2 Å². The first-order valence-electron chi connectivity index (χ1n) is 12.1. The average Bonchev–Trinajstić information content (AvgIpc) is 3.33. The summed E-state index contributed by atoms with van der Waals surface area (Å²) in [5, 5.41) is 0.980. The minimum Gasteiger partial charge on any atom is -0.342 e. The van der Waals surface area contributed by atoms with Gasteiger partial charge in [0, 0.05) is 49.5 Å². The maximum atomic E-state index is 13.7. The lowest BCUT2D eigenvalue weighted by Gasteiger charge is -2.27. The second-order valence-electron chi connectivity index (χ2n) is 11.5. The van der Waals surface area contributed by atoms with E-state index >= 15 is 0 Å². The van der Waals surface area contributed by atoms with E-state index in [1.165, 1.54) is 5.56 Å². The molecule has 4 heteroatoms. The van der Waals surface area contributed by atoms with Gasteiger partial charge in [0.1, 0.15) is 5.92 Å². The number of carbonyl (C=O) groups excluding carboxylic acids is 2. The summed E-state index contributed by atoms with van der Waals surface area (Å²) in [4.78, 5) is 27.3. The van der Waals surface area contributed by atoms with Crippen molar-refractivity contribution in [3.8, 4) is 0 Å². The maximum absolute atomic E-state index is 13.7. The Balaban J connectivity index is 1.66. The molecule has 2 heterocycles. The number of carbonyl (C=O) groups is 2. The molecular formula is C30H33N2O2+. The maximum Gasteiger partial charge on any atom is 0.213 e. The van der Waals surface area contributed by atoms with Gasteiger partial charge in [-0.25, -0.2) is 0 Å². The summed E-state index contributed by atoms with van der Waals surface area (Å²) in [7, 11) is 0. The van der Waals surface area contributed by atoms with Gasteiger partial charge in [-0.1, -0.05) is 31.2 Å². The molecule has 174 valence electrons. The summed E-state index contributed by atoms with van der Waals surface area (Å²) in [6.07, 6.45) is 4.92. The lowest BCUT2D eigenvalue weighted by Crippen LogP contribution is -2.40. The van der Waals surface area contributed by atoms with Gasteiger partial charge in [-0.05, 0) is 50.5 Å². The number of aromatic nitrogens is 1. The van der Waals surface area contributed by atoms with Crippen molar-refractivity contribution in [1.82, 2.24) is 4.57 Å². The Kier molecular flexibility index (Phi) is 4.88. The molecule has 0 spiro atoms. The molecule has 1 saturated carbocycles. The van der Waals surface area contributed by atoms with Crippen LogP contribution >= 0.6 is 0 Å². The fraction of sp³-hybridized carbons (Fsp3) is 0.367. The summed E-state index contributed by atoms with van der Waals surface area (Å²) in [5.74, 6) is -0.876. The van der Waals surface area contributed by atoms with Crippen molar-refractivity contribution >= 4 is 39.9 Å². The van der Waals surface area contributed by atoms with Gasteiger partial charge in [-0.2, -0.15) is 4.58 Å². The van der Waals surface area contributed by atoms with Crippen LogP contribution in [0.4, 0.5) is 5.69 Å². The zero-order valence-corrected chi connectivity index (χ0v) is 21.2. The number of hydrogen-bond acceptors (Lipinski definition) is 2. The molecule has 5 rings (SSSR count). The van der Waals surface area contributed by atoms with Gasteiger partial charge >= 0.3 is 0 Å². The van der Waals surface area contributed by atoms with Crippen molar-refractivity contribution in [2.45, 2.75) is 71.9 Å². The average molecular weight is 454 g/mol. The van der Waals surface area contributed by atoms with Gasteiger partial charge in [0.2, 0.25) is 5.69 Å². The topological polar surface area (TPSA) is 42.1 Å². The zero-order valence-electron chi connectivity index (χ0n) is 21.2. The molecule has 1 fully saturated rings. The number of ketones is 2. The van der Waals surface area contributed by atoms with Crippen molar-refractivity contribution in [2.24, 2.45) is 0 Å². The molecule has 0 bridgehead atoms. The SMILES string of the molecule is CCc1ccc2c(c1)C(=C1C(=O)C(c3cn(C(C)(C)C)c4ccccc34)C1=O)C=[N+]2C(C)(C)C. The molecule has 0 radical (unpaired) electrons. The molecule has 3 aromatic rings. The van der Waals surface area contributed by atoms with Crippen LogP contribution < -0.4 is 0 Å². The Bertz CT molecular complexity index is 1420. The van der Waals surface area contributed by atoms with Crippen molar-refractivity contribution in [1.29, 1.82) is 0 Å². The van der Waals surface area contributed by atoms with Crippen LogP contribution in [0.1, 0.15) is 71.1 Å². The van der Waals surface area contributed by atoms with E-state index in [4.69, 9.17) is 0 Å². The van der Waals surface area contributed by atoms with E-state index in [1.54, 1.807) is 0 Å². The zero-order chi connectivity index (χ0) is 24.6. The number of nitrogens with zero attached hydrogens (tertiary/aromatic N) is 2. The molecule has 1 aliphatic heterocycles. The van der Waals surface area contributed by atoms with Crippen LogP contribution in [-0.4, -0.2) is 32.5 Å². The fourth-order valence-corrected chi connectivity index (χ4v) is 5.24. The van der Waals surface area contributed by atoms with E-state index < -0.39 is 5.92 Å². The minimum atomic E-state index is -0.731. The predicted octanol–water partition coefficient (Wildman–Crippen LogP) is 6.17. The molecule has 2 aromatic carbocycles. The third-order valence-electron chi connectivity index (χ3n) is 7.06. The summed E-state index contributed by atoms with van der Waals surface area (Å²) in [5.41, 5.74) is 5.91. The van der Waals surface area contributed by atoms with Crippen LogP contribution in [-0.2, 0) is 21.5 Å². The van der Waals surface area contributed by atoms with Gasteiger partial charge in [0.05, 0.1) is 16.7 Å². The highest BCUT2D eigenvalue weighted by atomic mass is 16.2. The van der Waals surface area contributed by atoms with Gasteiger partial charge in [0.15, 0.2) is 23.3 Å². The van der Waals surface area contributed by atoms with E-state index in [0.717, 1.165) is 39.7 Å². The highest BCUT2D eigenvalue weighted by Crippen LogP contribution is 2.45. The van der Waals surface area contributed by atoms with Crippen LogP contribution in [0.5, 0.6) is 0 Å². The van der Waals surface area contributed by atoms with Gasteiger partial charge in [0.25, 0.3) is 0 Å². The summed E-state index contributed by atoms with van der Waals surface area (Å²) >= 11 is 0. The molecule has 0 saturated heterocycles. The van der Waals surface area contributed by atoms with E-state index in [-0.39, 0.29) is 22.6 Å². The minimum absolute atomic E-state index is 0.0725. The number of para-hydroxylation sites is 1. The molecule has 0 N–H and O–H groups in total. The van der Waals surface area contributed by atoms with Crippen molar-refractivity contribution in [2.75, 3.05) is 0 Å². The second kappa shape index (κ2) is 7.36. The Morgan fingerprint density at radius 1 is 0.941 bits per heavy atom. The Morgan fingerprint density at radius 2 is 1.62 bits per heavy atom. The highest BCUT2D eigenvalue weighted by Gasteiger charge is 2.50. The van der Waals surface area contributed by atoms with Crippen LogP contribution in [0, 0.1) is 0 Å². The van der Waals surface area contributed by atoms with E-state index in [1.807, 2.05) is 30.6 Å². The first-order chi connectivity index (χ1) is 15.9. The van der Waals surface area contributed by atoms with Crippen LogP contribution in [0.2, 0.25) is 0 Å². The van der Waals surface area contributed by atoms with Crippen molar-refractivity contribution in [3.63, 3.8) is 0 Å². The molecule has 0 unspecified atom stereocenters. The second-order valence-corrected chi connectivity index (χ2v) is 11.5. The number of benzene rings is 2. The normalized spacial score (nSPS) is 18.4. The smallest absolute Gasteiger partial charge is 0.213 e. The van der Waals surface area contributed by atoms with Crippen LogP contribution in [0.25, 0.3) is 16.5 Å². The molecule has 0 atom stereocenters. The third kappa shape index (κ3) is 3.23. The van der Waals surface area contributed by atoms with Crippen LogP contribution in [0.15, 0.2) is 54.2 Å². The van der Waals surface area contributed by atoms with Gasteiger partial charge < -0.3 is 4.57 Å². The largest absolute Gasteiger partial charge is 0.342 e. The number of aryl methyl sites for hydroxylation is 1. The Morgan fingerprint density at radius 3 is 2.24 bits per heavy atom. The molecule has 4 nitrogen and oxygen atoms in total. The molecule has 0 amide bonds. The molecule has 2 aliphatic rings. The number of allylic oxidation sites excluding steroid dienone is 2. The summed E-state index contributed by atoms with van der Waals surface area (Å²) < 4.78 is 4.36. The number of rotatable bonds is 2. The molecular weight excluding hydrogens is 420 g/mol. The fourth-order valence-electron chi connectivity index (χ4n) is 5.24. The van der Waals surface area contributed by atoms with Crippen molar-refractivity contribution in [3.05, 3.63) is 70.9 Å². The number of hydrogen-bond donors (Lipinski definition) is 0.